The van der Waals surface area contributed by atoms with Gasteiger partial charge in [-0.15, -0.1) is 0 Å². The molecule has 0 saturated heterocycles. The first-order valence-corrected chi connectivity index (χ1v) is 8.01. The highest BCUT2D eigenvalue weighted by atomic mass is 79.9. The zero-order valence-electron chi connectivity index (χ0n) is 12.0. The second kappa shape index (κ2) is 5.60. The molecule has 1 aromatic carbocycles. The van der Waals surface area contributed by atoms with Crippen molar-refractivity contribution in [3.63, 3.8) is 0 Å². The molecule has 1 fully saturated rings. The maximum atomic E-state index is 4.49. The van der Waals surface area contributed by atoms with Crippen LogP contribution in [0.15, 0.2) is 29.0 Å². The number of nitrogens with zero attached hydrogens (tertiary/aromatic N) is 2. The van der Waals surface area contributed by atoms with Gasteiger partial charge in [-0.3, -0.25) is 0 Å². The van der Waals surface area contributed by atoms with Crippen LogP contribution in [0.5, 0.6) is 0 Å². The number of rotatable bonds is 3. The Labute approximate surface area is 128 Å². The van der Waals surface area contributed by atoms with Gasteiger partial charge in [0.25, 0.3) is 0 Å². The lowest BCUT2D eigenvalue weighted by molar-refractivity contribution is 0.525. The van der Waals surface area contributed by atoms with Crippen LogP contribution < -0.4 is 5.32 Å². The Hall–Kier alpha value is -1.29. The summed E-state index contributed by atoms with van der Waals surface area (Å²) in [7, 11) is 0. The third-order valence-electron chi connectivity index (χ3n) is 4.06. The zero-order valence-corrected chi connectivity index (χ0v) is 13.6. The Morgan fingerprint density at radius 1 is 1.25 bits per heavy atom. The molecule has 1 saturated carbocycles. The number of nitrogens with one attached hydrogen (secondary N) is 1. The van der Waals surface area contributed by atoms with Crippen LogP contribution in [0.1, 0.15) is 42.9 Å². The van der Waals surface area contributed by atoms with E-state index in [0.29, 0.717) is 6.04 Å². The predicted octanol–water partition coefficient (Wildman–Crippen LogP) is 5.12. The van der Waals surface area contributed by atoms with Crippen LogP contribution in [0.4, 0.5) is 11.6 Å². The first kappa shape index (κ1) is 13.7. The Kier molecular flexibility index (Phi) is 3.83. The minimum atomic E-state index is 0.601. The van der Waals surface area contributed by atoms with Crippen LogP contribution in [-0.2, 0) is 0 Å². The van der Waals surface area contributed by atoms with E-state index in [9.17, 15) is 0 Å². The summed E-state index contributed by atoms with van der Waals surface area (Å²) in [5, 5.41) is 3.50. The van der Waals surface area contributed by atoms with Gasteiger partial charge in [-0.2, -0.15) is 0 Å². The SMILES string of the molecule is Cc1cc(C)c(Nc2nccn2C2CCCC2)c(Br)c1. The van der Waals surface area contributed by atoms with E-state index in [1.807, 2.05) is 6.20 Å². The molecule has 4 heteroatoms. The number of imidazole rings is 1. The number of halogens is 1. The molecule has 20 heavy (non-hydrogen) atoms. The van der Waals surface area contributed by atoms with Crippen LogP contribution in [-0.4, -0.2) is 9.55 Å². The van der Waals surface area contributed by atoms with E-state index in [4.69, 9.17) is 0 Å². The second-order valence-electron chi connectivity index (χ2n) is 5.66. The molecule has 1 N–H and O–H groups in total. The molecule has 1 aliphatic rings. The number of hydrogen-bond acceptors (Lipinski definition) is 2. The zero-order chi connectivity index (χ0) is 14.1. The normalized spacial score (nSPS) is 15.8. The topological polar surface area (TPSA) is 29.9 Å². The van der Waals surface area contributed by atoms with Gasteiger partial charge in [-0.05, 0) is 59.8 Å². The summed E-state index contributed by atoms with van der Waals surface area (Å²) >= 11 is 3.65. The van der Waals surface area contributed by atoms with E-state index in [1.54, 1.807) is 0 Å². The van der Waals surface area contributed by atoms with Gasteiger partial charge in [0.2, 0.25) is 5.95 Å². The fourth-order valence-corrected chi connectivity index (χ4v) is 3.85. The molecule has 1 aromatic heterocycles. The van der Waals surface area contributed by atoms with Crippen molar-refractivity contribution in [2.45, 2.75) is 45.6 Å². The summed E-state index contributed by atoms with van der Waals surface area (Å²) < 4.78 is 3.38. The van der Waals surface area contributed by atoms with Crippen LogP contribution in [0, 0.1) is 13.8 Å². The third-order valence-corrected chi connectivity index (χ3v) is 4.68. The van der Waals surface area contributed by atoms with E-state index in [0.717, 1.165) is 16.1 Å². The summed E-state index contributed by atoms with van der Waals surface area (Å²) in [5.74, 6) is 0.949. The van der Waals surface area contributed by atoms with Gasteiger partial charge < -0.3 is 9.88 Å². The Morgan fingerprint density at radius 2 is 2.00 bits per heavy atom. The first-order chi connectivity index (χ1) is 9.65. The lowest BCUT2D eigenvalue weighted by Gasteiger charge is -2.17. The molecule has 0 aliphatic heterocycles. The third kappa shape index (κ3) is 2.62. The van der Waals surface area contributed by atoms with Gasteiger partial charge in [0.15, 0.2) is 0 Å². The van der Waals surface area contributed by atoms with Crippen molar-refractivity contribution in [2.24, 2.45) is 0 Å². The van der Waals surface area contributed by atoms with Gasteiger partial charge in [-0.25, -0.2) is 4.98 Å². The molecule has 0 bridgehead atoms. The molecule has 3 rings (SSSR count). The highest BCUT2D eigenvalue weighted by Gasteiger charge is 2.19. The lowest BCUT2D eigenvalue weighted by atomic mass is 10.1. The highest BCUT2D eigenvalue weighted by Crippen LogP contribution is 2.34. The monoisotopic (exact) mass is 333 g/mol. The molecule has 1 aliphatic carbocycles. The molecule has 0 amide bonds. The molecular formula is C16H20BrN3. The largest absolute Gasteiger partial charge is 0.324 e. The van der Waals surface area contributed by atoms with Gasteiger partial charge in [-0.1, -0.05) is 18.9 Å². The van der Waals surface area contributed by atoms with Crippen molar-refractivity contribution in [1.29, 1.82) is 0 Å². The molecule has 0 atom stereocenters. The van der Waals surface area contributed by atoms with Gasteiger partial charge in [0.05, 0.1) is 5.69 Å². The second-order valence-corrected chi connectivity index (χ2v) is 6.51. The number of benzene rings is 1. The number of aryl methyl sites for hydroxylation is 2. The molecule has 1 heterocycles. The van der Waals surface area contributed by atoms with Crippen LogP contribution in [0.2, 0.25) is 0 Å². The summed E-state index contributed by atoms with van der Waals surface area (Å²) in [6.45, 7) is 4.24. The van der Waals surface area contributed by atoms with Crippen LogP contribution >= 0.6 is 15.9 Å². The van der Waals surface area contributed by atoms with E-state index < -0.39 is 0 Å². The predicted molar refractivity (Wildman–Crippen MR) is 86.6 cm³/mol. The lowest BCUT2D eigenvalue weighted by Crippen LogP contribution is -2.08. The first-order valence-electron chi connectivity index (χ1n) is 7.22. The minimum absolute atomic E-state index is 0.601. The van der Waals surface area contributed by atoms with Crippen LogP contribution in [0.25, 0.3) is 0 Å². The quantitative estimate of drug-likeness (QED) is 0.844. The van der Waals surface area contributed by atoms with Gasteiger partial charge >= 0.3 is 0 Å². The van der Waals surface area contributed by atoms with Gasteiger partial charge in [0, 0.05) is 22.9 Å². The molecule has 3 nitrogen and oxygen atoms in total. The summed E-state index contributed by atoms with van der Waals surface area (Å²) in [6.07, 6.45) is 9.16. The standard InChI is InChI=1S/C16H20BrN3/c1-11-9-12(2)15(14(17)10-11)19-16-18-7-8-20(16)13-5-3-4-6-13/h7-10,13H,3-6H2,1-2H3,(H,18,19). The number of aromatic nitrogens is 2. The summed E-state index contributed by atoms with van der Waals surface area (Å²) in [4.78, 5) is 4.49. The molecule has 0 unspecified atom stereocenters. The van der Waals surface area contributed by atoms with Crippen molar-refractivity contribution in [2.75, 3.05) is 5.32 Å². The molecular weight excluding hydrogens is 314 g/mol. The van der Waals surface area contributed by atoms with Crippen molar-refractivity contribution < 1.29 is 0 Å². The van der Waals surface area contributed by atoms with Gasteiger partial charge in [0.1, 0.15) is 0 Å². The maximum Gasteiger partial charge on any atom is 0.207 e. The average molecular weight is 334 g/mol. The van der Waals surface area contributed by atoms with E-state index in [2.05, 4.69) is 63.0 Å². The van der Waals surface area contributed by atoms with E-state index in [-0.39, 0.29) is 0 Å². The summed E-state index contributed by atoms with van der Waals surface area (Å²) in [6, 6.07) is 4.93. The molecule has 0 radical (unpaired) electrons. The van der Waals surface area contributed by atoms with Crippen molar-refractivity contribution in [3.8, 4) is 0 Å². The average Bonchev–Trinajstić information content (AvgIpc) is 3.04. The van der Waals surface area contributed by atoms with E-state index >= 15 is 0 Å². The fraction of sp³-hybridized carbons (Fsp3) is 0.438. The van der Waals surface area contributed by atoms with Crippen molar-refractivity contribution in [3.05, 3.63) is 40.1 Å². The summed E-state index contributed by atoms with van der Waals surface area (Å²) in [5.41, 5.74) is 3.61. The highest BCUT2D eigenvalue weighted by molar-refractivity contribution is 9.10. The smallest absolute Gasteiger partial charge is 0.207 e. The van der Waals surface area contributed by atoms with E-state index in [1.165, 1.54) is 36.8 Å². The fourth-order valence-electron chi connectivity index (χ4n) is 3.07. The molecule has 106 valence electrons. The Balaban J connectivity index is 1.90. The minimum Gasteiger partial charge on any atom is -0.324 e. The van der Waals surface area contributed by atoms with Crippen LogP contribution in [0.3, 0.4) is 0 Å². The molecule has 0 spiro atoms. The maximum absolute atomic E-state index is 4.49. The Morgan fingerprint density at radius 3 is 2.70 bits per heavy atom. The van der Waals surface area contributed by atoms with Crippen molar-refractivity contribution in [1.82, 2.24) is 9.55 Å². The number of hydrogen-bond donors (Lipinski definition) is 1. The van der Waals surface area contributed by atoms with Crippen molar-refractivity contribution >= 4 is 27.6 Å². The Bertz CT molecular complexity index is 589. The number of anilines is 2. The molecule has 2 aromatic rings.